The molecule has 20 atom stereocenters. The Balaban J connectivity index is 0.971. The van der Waals surface area contributed by atoms with Crippen LogP contribution in [0.5, 0.6) is 0 Å². The Morgan fingerprint density at radius 2 is 0.659 bits per heavy atom. The van der Waals surface area contributed by atoms with Crippen LogP contribution in [0.25, 0.3) is 10.4 Å². The zero-order valence-electron chi connectivity index (χ0n) is 71.5. The molecule has 1 N–H and O–H groups in total. The van der Waals surface area contributed by atoms with Crippen molar-refractivity contribution in [3.8, 4) is 0 Å². The summed E-state index contributed by atoms with van der Waals surface area (Å²) in [5, 5.41) is 7.49. The first-order valence-electron chi connectivity index (χ1n) is 42.0. The third-order valence-electron chi connectivity index (χ3n) is 20.9. The highest BCUT2D eigenvalue weighted by atomic mass is 16.8. The normalized spacial score (nSPS) is 26.1. The summed E-state index contributed by atoms with van der Waals surface area (Å²) in [6.07, 6.45) is -29.4. The van der Waals surface area contributed by atoms with Crippen LogP contribution < -0.4 is 5.32 Å². The van der Waals surface area contributed by atoms with Gasteiger partial charge in [0.2, 0.25) is 5.91 Å². The van der Waals surface area contributed by atoms with Crippen LogP contribution in [0.1, 0.15) is 108 Å². The quantitative estimate of drug-likeness (QED) is 0.0123. The van der Waals surface area contributed by atoms with Crippen LogP contribution in [0.15, 0.2) is 278 Å². The molecule has 0 aliphatic carbocycles. The summed E-state index contributed by atoms with van der Waals surface area (Å²) < 4.78 is 132. The van der Waals surface area contributed by atoms with Crippen molar-refractivity contribution in [2.24, 2.45) is 5.11 Å². The molecular weight excluding hydrogens is 1620 g/mol. The molecule has 4 fully saturated rings. The maximum atomic E-state index is 16.1. The molecule has 0 aromatic heterocycles. The number of methoxy groups -OCH3 is 1. The second-order valence-corrected chi connectivity index (χ2v) is 32.7. The second-order valence-electron chi connectivity index (χ2n) is 32.7. The van der Waals surface area contributed by atoms with E-state index in [0.29, 0.717) is 22.3 Å². The van der Waals surface area contributed by atoms with Crippen LogP contribution in [0.2, 0.25) is 0 Å². The Kier molecular flexibility index (Phi) is 33.4. The van der Waals surface area contributed by atoms with E-state index in [-0.39, 0.29) is 64.0 Å². The smallest absolute Gasteiger partial charge is 0.338 e. The second kappa shape index (κ2) is 45.5. The van der Waals surface area contributed by atoms with Gasteiger partial charge in [-0.1, -0.05) is 254 Å². The lowest BCUT2D eigenvalue weighted by Gasteiger charge is -2.51. The van der Waals surface area contributed by atoms with Gasteiger partial charge in [-0.2, -0.15) is 0 Å². The van der Waals surface area contributed by atoms with E-state index >= 15 is 19.2 Å². The minimum absolute atomic E-state index is 0.0353. The zero-order valence-corrected chi connectivity index (χ0v) is 71.5. The fourth-order valence-electron chi connectivity index (χ4n) is 15.1. The lowest BCUT2D eigenvalue weighted by atomic mass is 9.93. The number of ether oxygens (including phenoxy) is 19. The molecule has 4 aliphatic heterocycles. The first-order valence-corrected chi connectivity index (χ1v) is 42.0. The Morgan fingerprint density at radius 1 is 0.357 bits per heavy atom. The van der Waals surface area contributed by atoms with Crippen molar-refractivity contribution >= 4 is 29.8 Å². The number of amides is 1. The minimum Gasteiger partial charge on any atom is -0.458 e. The number of nitrogens with one attached hydrogen (secondary N) is 1. The van der Waals surface area contributed by atoms with E-state index in [1.165, 1.54) is 14.0 Å². The zero-order chi connectivity index (χ0) is 88.4. The number of azide groups is 1. The van der Waals surface area contributed by atoms with Gasteiger partial charge in [-0.05, 0) is 110 Å². The van der Waals surface area contributed by atoms with E-state index in [1.807, 2.05) is 188 Å². The van der Waals surface area contributed by atoms with Gasteiger partial charge in [0.05, 0.1) is 70.6 Å². The van der Waals surface area contributed by atoms with Gasteiger partial charge < -0.3 is 95.3 Å². The molecule has 9 aromatic carbocycles. The molecule has 13 rings (SSSR count). The molecule has 126 heavy (non-hydrogen) atoms. The van der Waals surface area contributed by atoms with Crippen LogP contribution in [-0.2, 0) is 151 Å². The number of hydrogen-bond acceptors (Lipinski definition) is 25. The summed E-state index contributed by atoms with van der Waals surface area (Å²) in [7, 11) is 1.42. The highest BCUT2D eigenvalue weighted by molar-refractivity contribution is 5.90. The predicted octanol–water partition coefficient (Wildman–Crippen LogP) is 14.4. The highest BCUT2D eigenvalue weighted by Crippen LogP contribution is 2.42. The summed E-state index contributed by atoms with van der Waals surface area (Å²) in [6.45, 7) is 10.00. The van der Waals surface area contributed by atoms with E-state index in [0.717, 1.165) is 16.7 Å². The Labute approximate surface area is 733 Å². The number of carbonyl (C=O) groups is 5. The fourth-order valence-corrected chi connectivity index (χ4v) is 15.1. The van der Waals surface area contributed by atoms with Crippen LogP contribution in [0.4, 0.5) is 0 Å². The van der Waals surface area contributed by atoms with E-state index in [1.54, 1.807) is 126 Å². The third kappa shape index (κ3) is 26.1. The molecule has 28 nitrogen and oxygen atoms in total. The van der Waals surface area contributed by atoms with Crippen molar-refractivity contribution < 1.29 is 114 Å². The third-order valence-corrected chi connectivity index (χ3v) is 20.9. The molecule has 0 radical (unpaired) electrons. The molecule has 4 aliphatic rings. The maximum Gasteiger partial charge on any atom is 0.338 e. The van der Waals surface area contributed by atoms with Crippen molar-refractivity contribution in [1.29, 1.82) is 0 Å². The van der Waals surface area contributed by atoms with E-state index < -0.39 is 170 Å². The molecule has 0 saturated carbocycles. The molecular formula is C98H108N4O24. The summed E-state index contributed by atoms with van der Waals surface area (Å²) in [5.41, 5.74) is 14.0. The fraction of sp³-hybridized carbons (Fsp3) is 0.398. The van der Waals surface area contributed by atoms with Crippen LogP contribution in [0.3, 0.4) is 0 Å². The number of benzene rings is 9. The maximum absolute atomic E-state index is 16.1. The first kappa shape index (κ1) is 92.7. The summed E-state index contributed by atoms with van der Waals surface area (Å²) in [6, 6.07) is 77.9. The minimum atomic E-state index is -2.02. The van der Waals surface area contributed by atoms with Crippen LogP contribution in [-0.4, -0.2) is 184 Å². The number of carbonyl (C=O) groups excluding carboxylic acids is 5. The van der Waals surface area contributed by atoms with Crippen molar-refractivity contribution in [3.05, 3.63) is 334 Å². The van der Waals surface area contributed by atoms with Gasteiger partial charge in [0.25, 0.3) is 0 Å². The van der Waals surface area contributed by atoms with Gasteiger partial charge in [0.15, 0.2) is 49.6 Å². The Bertz CT molecular complexity index is 4890. The largest absolute Gasteiger partial charge is 0.458 e. The molecule has 0 unspecified atom stereocenters. The number of rotatable bonds is 38. The van der Waals surface area contributed by atoms with Crippen molar-refractivity contribution in [3.63, 3.8) is 0 Å². The molecule has 0 bridgehead atoms. The lowest BCUT2D eigenvalue weighted by Crippen LogP contribution is -2.70. The lowest BCUT2D eigenvalue weighted by molar-refractivity contribution is -0.378. The first-order chi connectivity index (χ1) is 61.1. The van der Waals surface area contributed by atoms with E-state index in [4.69, 9.17) is 90.0 Å². The average Bonchev–Trinajstić information content (AvgIpc) is 0.753. The monoisotopic (exact) mass is 1720 g/mol. The average molecular weight is 1730 g/mol. The Morgan fingerprint density at radius 3 is 1.01 bits per heavy atom. The summed E-state index contributed by atoms with van der Waals surface area (Å²) >= 11 is 0. The predicted molar refractivity (Wildman–Crippen MR) is 457 cm³/mol. The van der Waals surface area contributed by atoms with Crippen molar-refractivity contribution in [2.75, 3.05) is 20.3 Å². The topological polar surface area (TPSA) is 322 Å². The van der Waals surface area contributed by atoms with Gasteiger partial charge >= 0.3 is 23.9 Å². The van der Waals surface area contributed by atoms with Gasteiger partial charge in [-0.15, -0.1) is 0 Å². The van der Waals surface area contributed by atoms with Crippen molar-refractivity contribution in [1.82, 2.24) is 5.32 Å². The molecule has 4 heterocycles. The molecule has 28 heteroatoms. The van der Waals surface area contributed by atoms with Crippen molar-refractivity contribution in [2.45, 2.75) is 229 Å². The molecule has 4 saturated heterocycles. The Hall–Kier alpha value is -11.0. The molecule has 664 valence electrons. The summed E-state index contributed by atoms with van der Waals surface area (Å²) in [4.78, 5) is 79.2. The van der Waals surface area contributed by atoms with Crippen LogP contribution >= 0.6 is 0 Å². The van der Waals surface area contributed by atoms with E-state index in [9.17, 15) is 10.3 Å². The van der Waals surface area contributed by atoms with Crippen LogP contribution in [0, 0.1) is 0 Å². The van der Waals surface area contributed by atoms with E-state index in [2.05, 4.69) is 15.3 Å². The molecule has 9 aromatic rings. The van der Waals surface area contributed by atoms with Gasteiger partial charge in [-0.3, -0.25) is 4.79 Å². The van der Waals surface area contributed by atoms with Gasteiger partial charge in [0.1, 0.15) is 84.3 Å². The number of hydrogen-bond donors (Lipinski definition) is 1. The van der Waals surface area contributed by atoms with Gasteiger partial charge in [0, 0.05) is 18.9 Å². The standard InChI is InChI=1S/C98H108N4O24/c1-63(103)100-75-79(111-56-66-40-22-11-23-41-66)77(73(116-93(75)108-8)61-109-54-64-36-18-9-19-37-64)120-96-88(119-90(105)72-52-34-17-35-53-72)83(115-60-70-48-30-15-31-49-70)84(86(124-96)92(107)126-98(5,6)7)122-94-76(101-102-99)80(112-57-67-42-24-12-25-43-67)78(74(117-94)62-110-55-65-38-20-10-21-39-65)121-95-87(118-89(104)71-50-32-16-33-51-71)82(114-59-69-46-28-14-29-47-69)81(113-58-68-44-26-13-27-45-68)85(123-95)91(106)125-97(2,3)4/h9-53,73-88,93-96H,54-62H2,1-8H3,(H,100,103)/t73-,74-,75-,76-,77-,78-,79-,80-,81+,82+,83+,84+,85+,86+,87-,88-,93+,94-,95-,96-/m1/s1. The summed E-state index contributed by atoms with van der Waals surface area (Å²) in [5.74, 6) is -4.23. The molecule has 1 amide bonds. The SMILES string of the molecule is CO[C@H]1O[C@H](COCc2ccccc2)[C@@H](O[C@@H]2O[C@H](C(=O)OC(C)(C)C)[C@@H](O[C@H]3O[C@H](COCc4ccccc4)[C@@H](O[C@@H]4O[C@H](C(=O)OC(C)(C)C)[C@@H](OCc5ccccc5)[C@H](OCc5ccccc5)[C@H]4OC(=O)c4ccccc4)[C@H](OCc4ccccc4)[C@H]3N=[N+]=[N-])[C@H](OCc3ccccc3)[C@H]2OC(=O)c2ccccc2)[C@H](OCc2ccccc2)[C@H]1NC(C)=O. The number of nitrogens with zero attached hydrogens (tertiary/aromatic N) is 3. The number of esters is 4. The highest BCUT2D eigenvalue weighted by Gasteiger charge is 2.62. The van der Waals surface area contributed by atoms with Gasteiger partial charge in [-0.25, -0.2) is 19.2 Å². The molecule has 0 spiro atoms.